The number of carbonyl (C=O) groups is 1. The number of rotatable bonds is 7. The number of aromatic amines is 1. The van der Waals surface area contributed by atoms with Crippen LogP contribution < -0.4 is 16.2 Å². The molecule has 3 aromatic rings. The zero-order chi connectivity index (χ0) is 20.8. The maximum atomic E-state index is 12.6. The Morgan fingerprint density at radius 1 is 1.10 bits per heavy atom. The van der Waals surface area contributed by atoms with Crippen LogP contribution in [0.3, 0.4) is 0 Å². The molecular weight excluding hydrogens is 364 g/mol. The van der Waals surface area contributed by atoms with Gasteiger partial charge in [-0.15, -0.1) is 0 Å². The normalized spacial score (nSPS) is 11.7. The number of fused-ring (bicyclic) bond motifs is 1. The lowest BCUT2D eigenvalue weighted by Gasteiger charge is -2.11. The fraction of sp³-hybridized carbons (Fsp3) is 0.217. The van der Waals surface area contributed by atoms with Crippen molar-refractivity contribution in [2.24, 2.45) is 0 Å². The molecule has 3 N–H and O–H groups in total. The quantitative estimate of drug-likeness (QED) is 0.579. The number of para-hydroxylation sites is 1. The number of nitrogens with zero attached hydrogens (tertiary/aromatic N) is 1. The summed E-state index contributed by atoms with van der Waals surface area (Å²) in [6.45, 7) is 0.814. The summed E-state index contributed by atoms with van der Waals surface area (Å²) in [6.07, 6.45) is 1.94. The van der Waals surface area contributed by atoms with E-state index in [-0.39, 0.29) is 11.5 Å². The van der Waals surface area contributed by atoms with Crippen LogP contribution in [-0.2, 0) is 11.3 Å². The molecule has 0 unspecified atom stereocenters. The second-order valence-electron chi connectivity index (χ2n) is 7.17. The van der Waals surface area contributed by atoms with Crippen molar-refractivity contribution < 1.29 is 4.79 Å². The molecule has 0 aliphatic rings. The van der Waals surface area contributed by atoms with E-state index >= 15 is 0 Å². The Hall–Kier alpha value is -3.38. The van der Waals surface area contributed by atoms with Gasteiger partial charge >= 0.3 is 0 Å². The van der Waals surface area contributed by atoms with E-state index in [4.69, 9.17) is 0 Å². The summed E-state index contributed by atoms with van der Waals surface area (Å²) in [4.78, 5) is 29.2. The van der Waals surface area contributed by atoms with Gasteiger partial charge in [-0.3, -0.25) is 9.59 Å². The summed E-state index contributed by atoms with van der Waals surface area (Å²) in [5.41, 5.74) is 3.92. The molecule has 0 fully saturated rings. The predicted molar refractivity (Wildman–Crippen MR) is 118 cm³/mol. The molecule has 0 radical (unpaired) electrons. The number of nitrogens with one attached hydrogen (secondary N) is 3. The molecule has 0 aliphatic heterocycles. The number of amides is 1. The number of hydrogen-bond acceptors (Lipinski definition) is 4. The summed E-state index contributed by atoms with van der Waals surface area (Å²) in [6, 6.07) is 17.5. The maximum absolute atomic E-state index is 12.6. The highest BCUT2D eigenvalue weighted by atomic mass is 16.2. The van der Waals surface area contributed by atoms with E-state index in [1.54, 1.807) is 7.05 Å². The van der Waals surface area contributed by atoms with Crippen LogP contribution in [0.5, 0.6) is 0 Å². The summed E-state index contributed by atoms with van der Waals surface area (Å²) in [5, 5.41) is 7.02. The third kappa shape index (κ3) is 5.33. The molecule has 0 saturated carbocycles. The third-order valence-electron chi connectivity index (χ3n) is 4.52. The summed E-state index contributed by atoms with van der Waals surface area (Å²) in [7, 11) is 5.52. The molecule has 1 aromatic heterocycles. The molecule has 150 valence electrons. The van der Waals surface area contributed by atoms with Crippen LogP contribution >= 0.6 is 0 Å². The Bertz CT molecular complexity index is 1100. The Morgan fingerprint density at radius 2 is 1.90 bits per heavy atom. The van der Waals surface area contributed by atoms with Crippen LogP contribution in [0, 0.1) is 0 Å². The van der Waals surface area contributed by atoms with Gasteiger partial charge in [0.1, 0.15) is 0 Å². The van der Waals surface area contributed by atoms with E-state index in [1.807, 2.05) is 79.7 Å². The second-order valence-corrected chi connectivity index (χ2v) is 7.17. The highest BCUT2D eigenvalue weighted by Crippen LogP contribution is 2.17. The first-order valence-electron chi connectivity index (χ1n) is 9.48. The zero-order valence-electron chi connectivity index (χ0n) is 17.0. The molecule has 2 aromatic carbocycles. The van der Waals surface area contributed by atoms with Gasteiger partial charge in [-0.05, 0) is 54.9 Å². The standard InChI is InChI=1S/C23H26N4O2/c1-24-21(19-13-18-9-4-5-10-20(18)26-23(19)29)12-16-7-6-8-17(11-16)14-25-22(28)15-27(2)3/h4-13,24H,14-15H2,1-3H3,(H,25,28)(H,26,29)/b21-12-. The minimum Gasteiger partial charge on any atom is -0.387 e. The fourth-order valence-corrected chi connectivity index (χ4v) is 3.14. The van der Waals surface area contributed by atoms with E-state index in [1.165, 1.54) is 0 Å². The van der Waals surface area contributed by atoms with Crippen LogP contribution in [0.1, 0.15) is 16.7 Å². The maximum Gasteiger partial charge on any atom is 0.257 e. The molecule has 6 heteroatoms. The lowest BCUT2D eigenvalue weighted by Crippen LogP contribution is -2.32. The van der Waals surface area contributed by atoms with Gasteiger partial charge < -0.3 is 20.5 Å². The van der Waals surface area contributed by atoms with Gasteiger partial charge in [-0.25, -0.2) is 0 Å². The van der Waals surface area contributed by atoms with Gasteiger partial charge in [0.2, 0.25) is 5.91 Å². The van der Waals surface area contributed by atoms with Crippen molar-refractivity contribution in [2.45, 2.75) is 6.54 Å². The molecule has 1 heterocycles. The minimum atomic E-state index is -0.142. The number of aromatic nitrogens is 1. The molecule has 29 heavy (non-hydrogen) atoms. The van der Waals surface area contributed by atoms with E-state index in [0.29, 0.717) is 18.7 Å². The molecule has 1 amide bonds. The number of hydrogen-bond donors (Lipinski definition) is 3. The molecule has 0 saturated heterocycles. The Balaban J connectivity index is 1.85. The van der Waals surface area contributed by atoms with Gasteiger partial charge in [0.15, 0.2) is 0 Å². The highest BCUT2D eigenvalue weighted by molar-refractivity contribution is 5.86. The number of likely N-dealkylation sites (N-methyl/N-ethyl adjacent to an activating group) is 1. The second kappa shape index (κ2) is 9.21. The molecule has 3 rings (SSSR count). The lowest BCUT2D eigenvalue weighted by molar-refractivity contribution is -0.121. The van der Waals surface area contributed by atoms with Crippen molar-refractivity contribution in [3.8, 4) is 0 Å². The predicted octanol–water partition coefficient (Wildman–Crippen LogP) is 2.42. The molecule has 6 nitrogen and oxygen atoms in total. The van der Waals surface area contributed by atoms with Crippen LogP contribution in [0.25, 0.3) is 22.7 Å². The van der Waals surface area contributed by atoms with Gasteiger partial charge in [0, 0.05) is 24.8 Å². The zero-order valence-corrected chi connectivity index (χ0v) is 17.0. The van der Waals surface area contributed by atoms with Crippen LogP contribution in [-0.4, -0.2) is 43.5 Å². The number of carbonyl (C=O) groups excluding carboxylic acids is 1. The summed E-state index contributed by atoms with van der Waals surface area (Å²) >= 11 is 0. The van der Waals surface area contributed by atoms with Crippen molar-refractivity contribution in [1.82, 2.24) is 20.5 Å². The minimum absolute atomic E-state index is 0.0189. The largest absolute Gasteiger partial charge is 0.387 e. The number of benzene rings is 2. The van der Waals surface area contributed by atoms with Crippen molar-refractivity contribution in [1.29, 1.82) is 0 Å². The third-order valence-corrected chi connectivity index (χ3v) is 4.52. The molecule has 0 aliphatic carbocycles. The Kier molecular flexibility index (Phi) is 6.46. The van der Waals surface area contributed by atoms with Gasteiger partial charge in [0.25, 0.3) is 5.56 Å². The van der Waals surface area contributed by atoms with Crippen molar-refractivity contribution in [2.75, 3.05) is 27.7 Å². The number of H-pyrrole nitrogens is 1. The molecular formula is C23H26N4O2. The molecule has 0 atom stereocenters. The van der Waals surface area contributed by atoms with Crippen LogP contribution in [0.2, 0.25) is 0 Å². The van der Waals surface area contributed by atoms with Crippen molar-refractivity contribution in [3.63, 3.8) is 0 Å². The first kappa shape index (κ1) is 20.4. The molecule has 0 bridgehead atoms. The monoisotopic (exact) mass is 390 g/mol. The Morgan fingerprint density at radius 3 is 2.66 bits per heavy atom. The first-order chi connectivity index (χ1) is 14.0. The van der Waals surface area contributed by atoms with Crippen LogP contribution in [0.15, 0.2) is 59.4 Å². The van der Waals surface area contributed by atoms with Gasteiger partial charge in [-0.2, -0.15) is 0 Å². The summed E-state index contributed by atoms with van der Waals surface area (Å²) < 4.78 is 0. The smallest absolute Gasteiger partial charge is 0.257 e. The van der Waals surface area contributed by atoms with Gasteiger partial charge in [-0.1, -0.05) is 36.4 Å². The van der Waals surface area contributed by atoms with E-state index in [9.17, 15) is 9.59 Å². The highest BCUT2D eigenvalue weighted by Gasteiger charge is 2.08. The average molecular weight is 390 g/mol. The van der Waals surface area contributed by atoms with E-state index in [2.05, 4.69) is 15.6 Å². The topological polar surface area (TPSA) is 77.2 Å². The van der Waals surface area contributed by atoms with Crippen molar-refractivity contribution >= 4 is 28.6 Å². The van der Waals surface area contributed by atoms with Crippen LogP contribution in [0.4, 0.5) is 0 Å². The van der Waals surface area contributed by atoms with E-state index in [0.717, 1.165) is 27.7 Å². The summed E-state index contributed by atoms with van der Waals surface area (Å²) in [5.74, 6) is -0.0189. The number of pyridine rings is 1. The lowest BCUT2D eigenvalue weighted by atomic mass is 10.1. The SMILES string of the molecule is CN/C(=C\c1cccc(CNC(=O)CN(C)C)c1)c1cc2ccccc2[nH]c1=O. The first-order valence-corrected chi connectivity index (χ1v) is 9.48. The van der Waals surface area contributed by atoms with Crippen molar-refractivity contribution in [3.05, 3.63) is 81.6 Å². The van der Waals surface area contributed by atoms with E-state index < -0.39 is 0 Å². The average Bonchev–Trinajstić information content (AvgIpc) is 2.70. The Labute approximate surface area is 170 Å². The fourth-order valence-electron chi connectivity index (χ4n) is 3.14. The van der Waals surface area contributed by atoms with Gasteiger partial charge in [0.05, 0.1) is 12.1 Å². The molecule has 0 spiro atoms.